The molecule has 1 heterocycles. The molecule has 2 N–H and O–H groups in total. The van der Waals surface area contributed by atoms with Crippen LogP contribution in [0.1, 0.15) is 45.1 Å². The Morgan fingerprint density at radius 1 is 1.26 bits per heavy atom. The number of ether oxygens (including phenoxy) is 2. The lowest BCUT2D eigenvalue weighted by atomic mass is 10.1. The monoisotopic (exact) mass is 374 g/mol. The maximum Gasteiger partial charge on any atom is 0.244 e. The zero-order chi connectivity index (χ0) is 19.6. The van der Waals surface area contributed by atoms with Gasteiger partial charge in [-0.25, -0.2) is 0 Å². The predicted octanol–water partition coefficient (Wildman–Crippen LogP) is 2.68. The van der Waals surface area contributed by atoms with Gasteiger partial charge in [-0.1, -0.05) is 12.1 Å². The minimum absolute atomic E-state index is 0.0518. The van der Waals surface area contributed by atoms with Gasteiger partial charge in [0.2, 0.25) is 11.8 Å². The Hall–Kier alpha value is -2.34. The van der Waals surface area contributed by atoms with Crippen molar-refractivity contribution in [1.29, 1.82) is 0 Å². The quantitative estimate of drug-likeness (QED) is 0.652. The fourth-order valence-corrected chi connectivity index (χ4v) is 2.96. The molecule has 3 atom stereocenters. The van der Waals surface area contributed by atoms with Crippen molar-refractivity contribution in [3.63, 3.8) is 0 Å². The van der Waals surface area contributed by atoms with E-state index in [9.17, 15) is 9.59 Å². The fourth-order valence-electron chi connectivity index (χ4n) is 2.96. The molecule has 0 radical (unpaired) electrons. The van der Waals surface area contributed by atoms with Crippen molar-refractivity contribution in [3.05, 3.63) is 35.9 Å². The summed E-state index contributed by atoms with van der Waals surface area (Å²) in [4.78, 5) is 24.3. The van der Waals surface area contributed by atoms with Gasteiger partial charge in [-0.2, -0.15) is 0 Å². The zero-order valence-corrected chi connectivity index (χ0v) is 16.4. The molecule has 0 spiro atoms. The maximum absolute atomic E-state index is 12.2. The van der Waals surface area contributed by atoms with E-state index in [-0.39, 0.29) is 17.9 Å². The van der Waals surface area contributed by atoms with Gasteiger partial charge in [0.1, 0.15) is 11.8 Å². The fraction of sp³-hybridized carbons (Fsp3) is 0.524. The van der Waals surface area contributed by atoms with E-state index >= 15 is 0 Å². The lowest BCUT2D eigenvalue weighted by molar-refractivity contribution is -0.127. The van der Waals surface area contributed by atoms with Crippen molar-refractivity contribution in [2.75, 3.05) is 13.7 Å². The number of hydrogen-bond acceptors (Lipinski definition) is 4. The molecule has 1 aliphatic heterocycles. The number of methoxy groups -OCH3 is 1. The minimum Gasteiger partial charge on any atom is -0.497 e. The molecule has 1 fully saturated rings. The third kappa shape index (κ3) is 7.43. The maximum atomic E-state index is 12.2. The van der Waals surface area contributed by atoms with E-state index < -0.39 is 6.04 Å². The van der Waals surface area contributed by atoms with Crippen LogP contribution in [0.25, 0.3) is 6.08 Å². The van der Waals surface area contributed by atoms with Gasteiger partial charge in [0.05, 0.1) is 13.2 Å². The molecule has 0 saturated carbocycles. The van der Waals surface area contributed by atoms with E-state index in [1.165, 1.54) is 6.08 Å². The van der Waals surface area contributed by atoms with Gasteiger partial charge in [0.15, 0.2) is 0 Å². The van der Waals surface area contributed by atoms with Gasteiger partial charge in [0.25, 0.3) is 0 Å². The highest BCUT2D eigenvalue weighted by atomic mass is 16.5. The molecule has 1 aliphatic rings. The standard InChI is InChI=1S/C21H30N2O4/c1-15(6-10-19-5-4-14-27-19)22-21(25)16(2)23-20(24)13-9-17-7-11-18(26-3)12-8-17/h7-9,11-13,15-16,19H,4-6,10,14H2,1-3H3,(H,22,25)(H,23,24)/b13-9+. The lowest BCUT2D eigenvalue weighted by Crippen LogP contribution is -2.47. The summed E-state index contributed by atoms with van der Waals surface area (Å²) in [5, 5.41) is 5.64. The highest BCUT2D eigenvalue weighted by molar-refractivity contribution is 5.95. The van der Waals surface area contributed by atoms with E-state index in [0.29, 0.717) is 6.10 Å². The minimum atomic E-state index is -0.594. The van der Waals surface area contributed by atoms with Crippen LogP contribution in [0, 0.1) is 0 Å². The van der Waals surface area contributed by atoms with Crippen molar-refractivity contribution in [2.45, 2.75) is 57.7 Å². The van der Waals surface area contributed by atoms with Crippen LogP contribution >= 0.6 is 0 Å². The molecular formula is C21H30N2O4. The summed E-state index contributed by atoms with van der Waals surface area (Å²) in [5.41, 5.74) is 0.880. The summed E-state index contributed by atoms with van der Waals surface area (Å²) < 4.78 is 10.7. The van der Waals surface area contributed by atoms with E-state index in [1.807, 2.05) is 31.2 Å². The highest BCUT2D eigenvalue weighted by Gasteiger charge is 2.19. The second kappa shape index (κ2) is 10.7. The van der Waals surface area contributed by atoms with Crippen molar-refractivity contribution in [3.8, 4) is 5.75 Å². The normalized spacial score (nSPS) is 18.9. The molecule has 3 unspecified atom stereocenters. The second-order valence-corrected chi connectivity index (χ2v) is 6.96. The smallest absolute Gasteiger partial charge is 0.244 e. The molecule has 2 rings (SSSR count). The Morgan fingerprint density at radius 2 is 2.00 bits per heavy atom. The van der Waals surface area contributed by atoms with E-state index in [2.05, 4.69) is 10.6 Å². The third-order valence-electron chi connectivity index (χ3n) is 4.63. The van der Waals surface area contributed by atoms with Gasteiger partial charge in [-0.3, -0.25) is 9.59 Å². The van der Waals surface area contributed by atoms with E-state index in [4.69, 9.17) is 9.47 Å². The van der Waals surface area contributed by atoms with Crippen molar-refractivity contribution in [2.24, 2.45) is 0 Å². The first-order valence-electron chi connectivity index (χ1n) is 9.52. The van der Waals surface area contributed by atoms with Gasteiger partial charge in [-0.15, -0.1) is 0 Å². The average molecular weight is 374 g/mol. The second-order valence-electron chi connectivity index (χ2n) is 6.96. The third-order valence-corrected chi connectivity index (χ3v) is 4.63. The Balaban J connectivity index is 1.71. The summed E-state index contributed by atoms with van der Waals surface area (Å²) >= 11 is 0. The summed E-state index contributed by atoms with van der Waals surface area (Å²) in [6, 6.07) is 6.82. The first-order chi connectivity index (χ1) is 13.0. The molecule has 1 aromatic carbocycles. The van der Waals surface area contributed by atoms with Crippen molar-refractivity contribution >= 4 is 17.9 Å². The number of hydrogen-bond donors (Lipinski definition) is 2. The van der Waals surface area contributed by atoms with Crippen molar-refractivity contribution in [1.82, 2.24) is 10.6 Å². The molecule has 1 aromatic rings. The van der Waals surface area contributed by atoms with E-state index in [1.54, 1.807) is 20.1 Å². The van der Waals surface area contributed by atoms with Gasteiger partial charge in [-0.05, 0) is 63.3 Å². The van der Waals surface area contributed by atoms with Gasteiger partial charge in [0, 0.05) is 18.7 Å². The number of amides is 2. The molecule has 6 nitrogen and oxygen atoms in total. The summed E-state index contributed by atoms with van der Waals surface area (Å²) in [6.45, 7) is 4.50. The van der Waals surface area contributed by atoms with Crippen LogP contribution in [0.3, 0.4) is 0 Å². The van der Waals surface area contributed by atoms with Crippen LogP contribution < -0.4 is 15.4 Å². The molecule has 148 valence electrons. The van der Waals surface area contributed by atoms with Crippen LogP contribution in [-0.2, 0) is 14.3 Å². The molecule has 27 heavy (non-hydrogen) atoms. The number of nitrogens with one attached hydrogen (secondary N) is 2. The number of carbonyl (C=O) groups is 2. The topological polar surface area (TPSA) is 76.7 Å². The Bertz CT molecular complexity index is 636. The first kappa shape index (κ1) is 21.0. The average Bonchev–Trinajstić information content (AvgIpc) is 3.18. The predicted molar refractivity (Wildman–Crippen MR) is 105 cm³/mol. The SMILES string of the molecule is COc1ccc(/C=C/C(=O)NC(C)C(=O)NC(C)CCC2CCCO2)cc1. The summed E-state index contributed by atoms with van der Waals surface area (Å²) in [5.74, 6) is 0.275. The van der Waals surface area contributed by atoms with E-state index in [0.717, 1.165) is 43.6 Å². The van der Waals surface area contributed by atoms with Crippen LogP contribution in [0.4, 0.5) is 0 Å². The zero-order valence-electron chi connectivity index (χ0n) is 16.4. The Morgan fingerprint density at radius 3 is 2.63 bits per heavy atom. The van der Waals surface area contributed by atoms with Gasteiger partial charge >= 0.3 is 0 Å². The van der Waals surface area contributed by atoms with Gasteiger partial charge < -0.3 is 20.1 Å². The molecule has 2 amide bonds. The highest BCUT2D eigenvalue weighted by Crippen LogP contribution is 2.17. The Kier molecular flexibility index (Phi) is 8.33. The molecule has 0 aliphatic carbocycles. The van der Waals surface area contributed by atoms with Crippen LogP contribution in [0.5, 0.6) is 5.75 Å². The molecule has 1 saturated heterocycles. The summed E-state index contributed by atoms with van der Waals surface area (Å²) in [6.07, 6.45) is 7.49. The van der Waals surface area contributed by atoms with Crippen LogP contribution in [-0.4, -0.2) is 43.7 Å². The molecule has 6 heteroatoms. The number of carbonyl (C=O) groups excluding carboxylic acids is 2. The lowest BCUT2D eigenvalue weighted by Gasteiger charge is -2.19. The molecule has 0 aromatic heterocycles. The van der Waals surface area contributed by atoms with Crippen LogP contribution in [0.2, 0.25) is 0 Å². The van der Waals surface area contributed by atoms with Crippen molar-refractivity contribution < 1.29 is 19.1 Å². The number of rotatable bonds is 9. The first-order valence-corrected chi connectivity index (χ1v) is 9.52. The largest absolute Gasteiger partial charge is 0.497 e. The Labute approximate surface area is 161 Å². The summed E-state index contributed by atoms with van der Waals surface area (Å²) in [7, 11) is 1.61. The van der Waals surface area contributed by atoms with Crippen LogP contribution in [0.15, 0.2) is 30.3 Å². The number of benzene rings is 1. The molecule has 0 bridgehead atoms. The molecular weight excluding hydrogens is 344 g/mol.